The summed E-state index contributed by atoms with van der Waals surface area (Å²) in [7, 11) is -3.58. The first-order valence-corrected chi connectivity index (χ1v) is 10.5. The zero-order valence-corrected chi connectivity index (χ0v) is 16.2. The third-order valence-electron chi connectivity index (χ3n) is 4.32. The molecule has 8 heteroatoms. The van der Waals surface area contributed by atoms with Gasteiger partial charge in [-0.05, 0) is 49.1 Å². The number of nitrogens with one attached hydrogen (secondary N) is 3. The van der Waals surface area contributed by atoms with Gasteiger partial charge in [-0.2, -0.15) is 0 Å². The van der Waals surface area contributed by atoms with Crippen molar-refractivity contribution in [3.8, 4) is 0 Å². The maximum absolute atomic E-state index is 12.7. The van der Waals surface area contributed by atoms with E-state index in [9.17, 15) is 8.42 Å². The highest BCUT2D eigenvalue weighted by molar-refractivity contribution is 7.89. The number of anilines is 1. The quantitative estimate of drug-likeness (QED) is 0.265. The lowest BCUT2D eigenvalue weighted by Gasteiger charge is -2.10. The van der Waals surface area contributed by atoms with Crippen molar-refractivity contribution in [2.24, 2.45) is 5.73 Å². The van der Waals surface area contributed by atoms with E-state index in [0.717, 1.165) is 35.9 Å². The Kier molecular flexibility index (Phi) is 6.23. The van der Waals surface area contributed by atoms with Gasteiger partial charge in [0.05, 0.1) is 4.90 Å². The van der Waals surface area contributed by atoms with Crippen LogP contribution < -0.4 is 15.8 Å². The van der Waals surface area contributed by atoms with Crippen LogP contribution in [0.5, 0.6) is 0 Å². The van der Waals surface area contributed by atoms with Crippen LogP contribution >= 0.6 is 0 Å². The number of nitrogens with two attached hydrogens (primary N) is 1. The number of sulfonamides is 1. The van der Waals surface area contributed by atoms with E-state index in [1.54, 1.807) is 30.6 Å². The topological polar surface area (TPSA) is 121 Å². The second-order valence-electron chi connectivity index (χ2n) is 6.45. The SMILES string of the molecule is N=C(N)Nc1cccc(CCCCNS(=O)(=O)c2cccc3cnccc23)c1. The molecule has 146 valence electrons. The average molecular weight is 398 g/mol. The first-order valence-electron chi connectivity index (χ1n) is 8.98. The number of rotatable bonds is 8. The van der Waals surface area contributed by atoms with Crippen molar-refractivity contribution in [1.82, 2.24) is 9.71 Å². The van der Waals surface area contributed by atoms with Gasteiger partial charge in [-0.25, -0.2) is 13.1 Å². The van der Waals surface area contributed by atoms with E-state index in [2.05, 4.69) is 15.0 Å². The van der Waals surface area contributed by atoms with Crippen LogP contribution in [-0.2, 0) is 16.4 Å². The Labute approximate surface area is 164 Å². The second-order valence-corrected chi connectivity index (χ2v) is 8.18. The molecule has 0 saturated heterocycles. The highest BCUT2D eigenvalue weighted by Crippen LogP contribution is 2.21. The molecule has 7 nitrogen and oxygen atoms in total. The van der Waals surface area contributed by atoms with E-state index < -0.39 is 10.0 Å². The summed E-state index contributed by atoms with van der Waals surface area (Å²) < 4.78 is 28.0. The summed E-state index contributed by atoms with van der Waals surface area (Å²) >= 11 is 0. The summed E-state index contributed by atoms with van der Waals surface area (Å²) in [6.07, 6.45) is 5.62. The molecule has 0 atom stereocenters. The molecular formula is C20H23N5O2S. The minimum atomic E-state index is -3.58. The van der Waals surface area contributed by atoms with E-state index in [1.165, 1.54) is 0 Å². The van der Waals surface area contributed by atoms with Crippen LogP contribution in [0.1, 0.15) is 18.4 Å². The number of benzene rings is 2. The largest absolute Gasteiger partial charge is 0.370 e. The fourth-order valence-corrected chi connectivity index (χ4v) is 4.33. The van der Waals surface area contributed by atoms with Crippen LogP contribution in [0.2, 0.25) is 0 Å². The Bertz CT molecular complexity index is 1080. The van der Waals surface area contributed by atoms with Gasteiger partial charge in [0.25, 0.3) is 0 Å². The Balaban J connectivity index is 1.54. The lowest BCUT2D eigenvalue weighted by atomic mass is 10.1. The molecule has 3 rings (SSSR count). The van der Waals surface area contributed by atoms with Crippen molar-refractivity contribution < 1.29 is 8.42 Å². The van der Waals surface area contributed by atoms with E-state index in [1.807, 2.05) is 30.3 Å². The lowest BCUT2D eigenvalue weighted by molar-refractivity contribution is 0.577. The molecule has 0 aliphatic carbocycles. The minimum Gasteiger partial charge on any atom is -0.370 e. The van der Waals surface area contributed by atoms with Gasteiger partial charge in [0, 0.05) is 35.4 Å². The van der Waals surface area contributed by atoms with Gasteiger partial charge in [0.2, 0.25) is 10.0 Å². The summed E-state index contributed by atoms with van der Waals surface area (Å²) in [5.74, 6) is -0.101. The van der Waals surface area contributed by atoms with Crippen LogP contribution in [0.25, 0.3) is 10.8 Å². The molecular weight excluding hydrogens is 374 g/mol. The van der Waals surface area contributed by atoms with Gasteiger partial charge < -0.3 is 11.1 Å². The number of aromatic nitrogens is 1. The van der Waals surface area contributed by atoms with Crippen LogP contribution in [0.4, 0.5) is 5.69 Å². The monoisotopic (exact) mass is 397 g/mol. The maximum atomic E-state index is 12.7. The van der Waals surface area contributed by atoms with Gasteiger partial charge in [-0.3, -0.25) is 10.4 Å². The predicted octanol–water partition coefficient (Wildman–Crippen LogP) is 2.84. The first kappa shape index (κ1) is 19.8. The fourth-order valence-electron chi connectivity index (χ4n) is 3.03. The summed E-state index contributed by atoms with van der Waals surface area (Å²) in [5.41, 5.74) is 7.22. The van der Waals surface area contributed by atoms with Gasteiger partial charge >= 0.3 is 0 Å². The van der Waals surface area contributed by atoms with Crippen molar-refractivity contribution in [3.05, 3.63) is 66.5 Å². The molecule has 0 aliphatic heterocycles. The third-order valence-corrected chi connectivity index (χ3v) is 5.84. The number of guanidine groups is 1. The maximum Gasteiger partial charge on any atom is 0.241 e. The molecule has 28 heavy (non-hydrogen) atoms. The van der Waals surface area contributed by atoms with Gasteiger partial charge in [-0.15, -0.1) is 0 Å². The minimum absolute atomic E-state index is 0.101. The van der Waals surface area contributed by atoms with Crippen LogP contribution in [-0.4, -0.2) is 25.9 Å². The van der Waals surface area contributed by atoms with Crippen molar-refractivity contribution in [2.75, 3.05) is 11.9 Å². The fraction of sp³-hybridized carbons (Fsp3) is 0.200. The molecule has 0 spiro atoms. The van der Waals surface area contributed by atoms with E-state index in [4.69, 9.17) is 11.1 Å². The van der Waals surface area contributed by atoms with Crippen molar-refractivity contribution >= 4 is 32.4 Å². The second kappa shape index (κ2) is 8.81. The predicted molar refractivity (Wildman–Crippen MR) is 112 cm³/mol. The number of hydrogen-bond acceptors (Lipinski definition) is 4. The van der Waals surface area contributed by atoms with Gasteiger partial charge in [0.15, 0.2) is 5.96 Å². The van der Waals surface area contributed by atoms with E-state index in [-0.39, 0.29) is 10.9 Å². The van der Waals surface area contributed by atoms with Crippen LogP contribution in [0.15, 0.2) is 65.8 Å². The third kappa shape index (κ3) is 5.05. The molecule has 1 aromatic heterocycles. The molecule has 0 fully saturated rings. The van der Waals surface area contributed by atoms with Gasteiger partial charge in [0.1, 0.15) is 0 Å². The Hall–Kier alpha value is -2.97. The number of fused-ring (bicyclic) bond motifs is 1. The zero-order chi connectivity index (χ0) is 20.0. The summed E-state index contributed by atoms with van der Waals surface area (Å²) in [5, 5.41) is 11.5. The number of pyridine rings is 1. The molecule has 0 bridgehead atoms. The summed E-state index contributed by atoms with van der Waals surface area (Å²) in [6, 6.07) is 14.6. The molecule has 0 amide bonds. The van der Waals surface area contributed by atoms with E-state index in [0.29, 0.717) is 11.9 Å². The Morgan fingerprint density at radius 3 is 2.75 bits per heavy atom. The average Bonchev–Trinajstić information content (AvgIpc) is 2.67. The molecule has 0 radical (unpaired) electrons. The summed E-state index contributed by atoms with van der Waals surface area (Å²) in [4.78, 5) is 4.31. The van der Waals surface area contributed by atoms with E-state index >= 15 is 0 Å². The van der Waals surface area contributed by atoms with Crippen molar-refractivity contribution in [1.29, 1.82) is 5.41 Å². The van der Waals surface area contributed by atoms with Crippen molar-refractivity contribution in [2.45, 2.75) is 24.2 Å². The molecule has 5 N–H and O–H groups in total. The molecule has 3 aromatic rings. The molecule has 0 aliphatic rings. The summed E-state index contributed by atoms with van der Waals surface area (Å²) in [6.45, 7) is 0.370. The number of hydrogen-bond donors (Lipinski definition) is 4. The highest BCUT2D eigenvalue weighted by atomic mass is 32.2. The number of aryl methyl sites for hydroxylation is 1. The lowest BCUT2D eigenvalue weighted by Crippen LogP contribution is -2.25. The number of nitrogens with zero attached hydrogens (tertiary/aromatic N) is 1. The zero-order valence-electron chi connectivity index (χ0n) is 15.4. The normalized spacial score (nSPS) is 11.4. The molecule has 0 saturated carbocycles. The first-order chi connectivity index (χ1) is 13.5. The van der Waals surface area contributed by atoms with Gasteiger partial charge in [-0.1, -0.05) is 24.3 Å². The van der Waals surface area contributed by atoms with Crippen molar-refractivity contribution in [3.63, 3.8) is 0 Å². The Morgan fingerprint density at radius 1 is 1.11 bits per heavy atom. The number of unbranched alkanes of at least 4 members (excludes halogenated alkanes) is 1. The smallest absolute Gasteiger partial charge is 0.241 e. The molecule has 1 heterocycles. The Morgan fingerprint density at radius 2 is 1.93 bits per heavy atom. The molecule has 2 aromatic carbocycles. The highest BCUT2D eigenvalue weighted by Gasteiger charge is 2.16. The molecule has 0 unspecified atom stereocenters. The van der Waals surface area contributed by atoms with Crippen LogP contribution in [0, 0.1) is 5.41 Å². The van der Waals surface area contributed by atoms with Crippen LogP contribution in [0.3, 0.4) is 0 Å². The standard InChI is InChI=1S/C20H23N5O2S/c21-20(22)25-17-8-3-6-15(13-17)5-1-2-11-24-28(26,27)19-9-4-7-16-14-23-12-10-18(16)19/h3-4,6-10,12-14,24H,1-2,5,11H2,(H4,21,22,25).